The number of rotatable bonds is 3. The van der Waals surface area contributed by atoms with Crippen molar-refractivity contribution in [3.8, 4) is 0 Å². The highest BCUT2D eigenvalue weighted by molar-refractivity contribution is 5.04. The zero-order chi connectivity index (χ0) is 14.7. The molecule has 0 aliphatic carbocycles. The van der Waals surface area contributed by atoms with Gasteiger partial charge in [0.1, 0.15) is 5.82 Å². The van der Waals surface area contributed by atoms with Crippen LogP contribution in [0, 0.1) is 0 Å². The quantitative estimate of drug-likeness (QED) is 0.915. The number of hydrogen-bond donors (Lipinski definition) is 1. The first kappa shape index (κ1) is 14.9. The predicted molar refractivity (Wildman–Crippen MR) is 79.8 cm³/mol. The maximum Gasteiger partial charge on any atom is 0.128 e. The minimum absolute atomic E-state index is 0.283. The molecule has 2 aliphatic rings. The lowest BCUT2D eigenvalue weighted by atomic mass is 9.82. The first-order valence-electron chi connectivity index (χ1n) is 8.07. The van der Waals surface area contributed by atoms with E-state index in [2.05, 4.69) is 21.8 Å². The normalized spacial score (nSPS) is 26.1. The van der Waals surface area contributed by atoms with E-state index < -0.39 is 0 Å². The zero-order valence-electron chi connectivity index (χ0n) is 12.8. The molecule has 3 heterocycles. The third-order valence-corrected chi connectivity index (χ3v) is 4.79. The van der Waals surface area contributed by atoms with Crippen molar-refractivity contribution in [3.63, 3.8) is 0 Å². The number of likely N-dealkylation sites (tertiary alicyclic amines) is 1. The topological polar surface area (TPSA) is 58.5 Å². The second-order valence-electron chi connectivity index (χ2n) is 6.17. The lowest BCUT2D eigenvalue weighted by molar-refractivity contribution is -0.177. The van der Waals surface area contributed by atoms with Crippen molar-refractivity contribution in [2.75, 3.05) is 19.7 Å². The minimum Gasteiger partial charge on any atom is -0.390 e. The van der Waals surface area contributed by atoms with Crippen LogP contribution in [-0.4, -0.2) is 51.4 Å². The van der Waals surface area contributed by atoms with Gasteiger partial charge in [-0.05, 0) is 31.7 Å². The molecule has 1 N–H and O–H groups in total. The van der Waals surface area contributed by atoms with Crippen LogP contribution in [0.25, 0.3) is 0 Å². The monoisotopic (exact) mass is 291 g/mol. The Hall–Kier alpha value is -1.04. The van der Waals surface area contributed by atoms with Gasteiger partial charge in [-0.25, -0.2) is 9.97 Å². The van der Waals surface area contributed by atoms with E-state index in [1.807, 2.05) is 12.3 Å². The third kappa shape index (κ3) is 3.25. The van der Waals surface area contributed by atoms with E-state index in [9.17, 15) is 5.11 Å². The Bertz CT molecular complexity index is 472. The second kappa shape index (κ2) is 6.38. The van der Waals surface area contributed by atoms with Gasteiger partial charge >= 0.3 is 0 Å². The Morgan fingerprint density at radius 3 is 2.95 bits per heavy atom. The van der Waals surface area contributed by atoms with Crippen LogP contribution in [0.3, 0.4) is 0 Å². The summed E-state index contributed by atoms with van der Waals surface area (Å²) in [6.07, 6.45) is 6.12. The summed E-state index contributed by atoms with van der Waals surface area (Å²) in [5.74, 6) is 0.909. The van der Waals surface area contributed by atoms with Gasteiger partial charge in [-0.1, -0.05) is 6.92 Å². The average Bonchev–Trinajstić information content (AvgIpc) is 2.53. The van der Waals surface area contributed by atoms with E-state index in [0.717, 1.165) is 69.9 Å². The molecular weight excluding hydrogens is 266 g/mol. The van der Waals surface area contributed by atoms with Crippen molar-refractivity contribution in [1.82, 2.24) is 14.9 Å². The van der Waals surface area contributed by atoms with E-state index in [-0.39, 0.29) is 11.7 Å². The molecule has 1 spiro atoms. The van der Waals surface area contributed by atoms with Gasteiger partial charge in [0.25, 0.3) is 0 Å². The molecule has 0 saturated carbocycles. The standard InChI is InChI=1S/C16H25N3O2/c1-2-15-17-8-5-13(18-15)12-19-9-6-16(7-10-19)14(20)4-3-11-21-16/h5,8,14,20H,2-4,6-7,9-12H2,1H3/t14-/m0/s1. The maximum atomic E-state index is 10.3. The Labute approximate surface area is 126 Å². The Kier molecular flexibility index (Phi) is 4.52. The van der Waals surface area contributed by atoms with Crippen molar-refractivity contribution in [3.05, 3.63) is 23.8 Å². The van der Waals surface area contributed by atoms with Gasteiger partial charge in [0.2, 0.25) is 0 Å². The molecule has 5 nitrogen and oxygen atoms in total. The van der Waals surface area contributed by atoms with Crippen molar-refractivity contribution in [2.24, 2.45) is 0 Å². The summed E-state index contributed by atoms with van der Waals surface area (Å²) < 4.78 is 5.95. The SMILES string of the molecule is CCc1nccc(CN2CCC3(CC2)OCCC[C@@H]3O)n1. The molecule has 1 aromatic heterocycles. The number of hydrogen-bond acceptors (Lipinski definition) is 5. The first-order chi connectivity index (χ1) is 10.2. The van der Waals surface area contributed by atoms with Gasteiger partial charge in [0.15, 0.2) is 0 Å². The van der Waals surface area contributed by atoms with Gasteiger partial charge in [0, 0.05) is 38.9 Å². The lowest BCUT2D eigenvalue weighted by Crippen LogP contribution is -2.55. The molecule has 1 atom stereocenters. The van der Waals surface area contributed by atoms with Crippen molar-refractivity contribution in [1.29, 1.82) is 0 Å². The van der Waals surface area contributed by atoms with Gasteiger partial charge in [-0.2, -0.15) is 0 Å². The number of ether oxygens (including phenoxy) is 1. The molecule has 0 amide bonds. The largest absolute Gasteiger partial charge is 0.390 e. The van der Waals surface area contributed by atoms with E-state index >= 15 is 0 Å². The summed E-state index contributed by atoms with van der Waals surface area (Å²) in [4.78, 5) is 11.2. The summed E-state index contributed by atoms with van der Waals surface area (Å²) in [6, 6.07) is 2.00. The molecule has 2 aliphatic heterocycles. The van der Waals surface area contributed by atoms with E-state index in [4.69, 9.17) is 4.74 Å². The number of aryl methyl sites for hydroxylation is 1. The van der Waals surface area contributed by atoms with Gasteiger partial charge in [-0.15, -0.1) is 0 Å². The fraction of sp³-hybridized carbons (Fsp3) is 0.750. The fourth-order valence-electron chi connectivity index (χ4n) is 3.41. The number of nitrogens with zero attached hydrogens (tertiary/aromatic N) is 3. The fourth-order valence-corrected chi connectivity index (χ4v) is 3.41. The molecule has 5 heteroatoms. The van der Waals surface area contributed by atoms with Gasteiger partial charge in [0.05, 0.1) is 17.4 Å². The van der Waals surface area contributed by atoms with E-state index in [1.54, 1.807) is 0 Å². The molecule has 3 rings (SSSR count). The van der Waals surface area contributed by atoms with Crippen molar-refractivity contribution >= 4 is 0 Å². The highest BCUT2D eigenvalue weighted by Gasteiger charge is 2.43. The first-order valence-corrected chi connectivity index (χ1v) is 8.07. The second-order valence-corrected chi connectivity index (χ2v) is 6.17. The Morgan fingerprint density at radius 2 is 2.24 bits per heavy atom. The predicted octanol–water partition coefficient (Wildman–Crippen LogP) is 1.54. The molecule has 0 bridgehead atoms. The van der Waals surface area contributed by atoms with Crippen LogP contribution in [0.15, 0.2) is 12.3 Å². The van der Waals surface area contributed by atoms with Crippen LogP contribution < -0.4 is 0 Å². The number of piperidine rings is 1. The van der Waals surface area contributed by atoms with Crippen LogP contribution >= 0.6 is 0 Å². The highest BCUT2D eigenvalue weighted by Crippen LogP contribution is 2.35. The summed E-state index contributed by atoms with van der Waals surface area (Å²) in [5.41, 5.74) is 0.803. The lowest BCUT2D eigenvalue weighted by Gasteiger charge is -2.46. The molecule has 21 heavy (non-hydrogen) atoms. The summed E-state index contributed by atoms with van der Waals surface area (Å²) in [6.45, 7) is 5.65. The number of aliphatic hydroxyl groups is 1. The number of aromatic nitrogens is 2. The molecule has 2 fully saturated rings. The minimum atomic E-state index is -0.292. The summed E-state index contributed by atoms with van der Waals surface area (Å²) in [7, 11) is 0. The van der Waals surface area contributed by atoms with Crippen LogP contribution in [-0.2, 0) is 17.7 Å². The molecule has 1 aromatic rings. The van der Waals surface area contributed by atoms with Crippen LogP contribution in [0.1, 0.15) is 44.1 Å². The molecule has 0 radical (unpaired) electrons. The van der Waals surface area contributed by atoms with Crippen molar-refractivity contribution < 1.29 is 9.84 Å². The Morgan fingerprint density at radius 1 is 1.43 bits per heavy atom. The van der Waals surface area contributed by atoms with E-state index in [1.165, 1.54) is 0 Å². The highest BCUT2D eigenvalue weighted by atomic mass is 16.5. The molecule has 0 unspecified atom stereocenters. The van der Waals surface area contributed by atoms with Gasteiger partial charge < -0.3 is 9.84 Å². The molecule has 116 valence electrons. The molecule has 2 saturated heterocycles. The Balaban J connectivity index is 1.58. The summed E-state index contributed by atoms with van der Waals surface area (Å²) >= 11 is 0. The van der Waals surface area contributed by atoms with Crippen LogP contribution in [0.2, 0.25) is 0 Å². The zero-order valence-corrected chi connectivity index (χ0v) is 12.8. The molecular formula is C16H25N3O2. The van der Waals surface area contributed by atoms with Gasteiger partial charge in [-0.3, -0.25) is 4.90 Å². The van der Waals surface area contributed by atoms with E-state index in [0.29, 0.717) is 0 Å². The summed E-state index contributed by atoms with van der Waals surface area (Å²) in [5, 5.41) is 10.3. The third-order valence-electron chi connectivity index (χ3n) is 4.79. The maximum absolute atomic E-state index is 10.3. The van der Waals surface area contributed by atoms with Crippen LogP contribution in [0.4, 0.5) is 0 Å². The smallest absolute Gasteiger partial charge is 0.128 e. The van der Waals surface area contributed by atoms with Crippen LogP contribution in [0.5, 0.6) is 0 Å². The average molecular weight is 291 g/mol. The number of aliphatic hydroxyl groups excluding tert-OH is 1. The molecule has 0 aromatic carbocycles. The van der Waals surface area contributed by atoms with Crippen molar-refractivity contribution in [2.45, 2.75) is 57.3 Å².